The van der Waals surface area contributed by atoms with E-state index in [0.717, 1.165) is 12.8 Å². The number of ether oxygens (including phenoxy) is 1. The number of likely N-dealkylation sites (N-methyl/N-ethyl adjacent to an activating group) is 1. The zero-order valence-corrected chi connectivity index (χ0v) is 12.1. The lowest BCUT2D eigenvalue weighted by Gasteiger charge is -2.33. The second kappa shape index (κ2) is 7.99. The number of rotatable bonds is 5. The average molecular weight is 271 g/mol. The molecule has 0 aromatic carbocycles. The highest BCUT2D eigenvalue weighted by atomic mass is 16.6. The van der Waals surface area contributed by atoms with Gasteiger partial charge in [-0.2, -0.15) is 0 Å². The zero-order valence-electron chi connectivity index (χ0n) is 12.1. The fourth-order valence-corrected chi connectivity index (χ4v) is 2.20. The maximum absolute atomic E-state index is 11.6. The van der Waals surface area contributed by atoms with Crippen LogP contribution in [0.3, 0.4) is 0 Å². The number of hydrogen-bond donors (Lipinski definition) is 2. The molecule has 110 valence electrons. The molecule has 2 N–H and O–H groups in total. The highest BCUT2D eigenvalue weighted by molar-refractivity contribution is 5.81. The Hall–Kier alpha value is -1.30. The van der Waals surface area contributed by atoms with Gasteiger partial charge in [0.25, 0.3) is 0 Å². The smallest absolute Gasteiger partial charge is 0.409 e. The van der Waals surface area contributed by atoms with Crippen molar-refractivity contribution >= 4 is 12.0 Å². The van der Waals surface area contributed by atoms with Crippen molar-refractivity contribution in [1.29, 1.82) is 0 Å². The summed E-state index contributed by atoms with van der Waals surface area (Å²) in [5.41, 5.74) is 0. The molecule has 6 nitrogen and oxygen atoms in total. The van der Waals surface area contributed by atoms with Crippen molar-refractivity contribution in [2.24, 2.45) is 0 Å². The third-order valence-corrected chi connectivity index (χ3v) is 3.25. The third kappa shape index (κ3) is 5.06. The molecule has 0 saturated carbocycles. The average Bonchev–Trinajstić information content (AvgIpc) is 2.40. The molecule has 1 rings (SSSR count). The molecule has 0 aromatic rings. The Labute approximate surface area is 114 Å². The van der Waals surface area contributed by atoms with E-state index in [2.05, 4.69) is 10.6 Å². The van der Waals surface area contributed by atoms with Crippen LogP contribution < -0.4 is 10.6 Å². The van der Waals surface area contributed by atoms with Crippen LogP contribution in [0.1, 0.15) is 33.6 Å². The molecule has 1 heterocycles. The summed E-state index contributed by atoms with van der Waals surface area (Å²) in [5.74, 6) is 0.0234. The molecule has 2 amide bonds. The number of likely N-dealkylation sites (tertiary alicyclic amines) is 1. The van der Waals surface area contributed by atoms with Gasteiger partial charge < -0.3 is 20.3 Å². The van der Waals surface area contributed by atoms with Crippen molar-refractivity contribution in [1.82, 2.24) is 15.5 Å². The highest BCUT2D eigenvalue weighted by Gasteiger charge is 2.25. The summed E-state index contributed by atoms with van der Waals surface area (Å²) in [6, 6.07) is 0.0855. The number of carbonyl (C=O) groups excluding carboxylic acids is 2. The van der Waals surface area contributed by atoms with Gasteiger partial charge in [-0.25, -0.2) is 4.79 Å². The minimum absolute atomic E-state index is 0.0234. The molecule has 0 radical (unpaired) electrons. The topological polar surface area (TPSA) is 70.7 Å². The van der Waals surface area contributed by atoms with Crippen molar-refractivity contribution in [3.63, 3.8) is 0 Å². The summed E-state index contributed by atoms with van der Waals surface area (Å²) in [5, 5.41) is 6.10. The number of hydrogen-bond acceptors (Lipinski definition) is 4. The van der Waals surface area contributed by atoms with Crippen LogP contribution >= 0.6 is 0 Å². The predicted molar refractivity (Wildman–Crippen MR) is 72.9 cm³/mol. The molecule has 1 atom stereocenters. The van der Waals surface area contributed by atoms with E-state index in [4.69, 9.17) is 4.74 Å². The molecule has 0 unspecified atom stereocenters. The van der Waals surface area contributed by atoms with Crippen molar-refractivity contribution < 1.29 is 14.3 Å². The lowest BCUT2D eigenvalue weighted by molar-refractivity contribution is -0.122. The maximum atomic E-state index is 11.6. The molecule has 1 saturated heterocycles. The zero-order chi connectivity index (χ0) is 14.3. The van der Waals surface area contributed by atoms with Crippen molar-refractivity contribution in [3.05, 3.63) is 0 Å². The lowest BCUT2D eigenvalue weighted by Crippen LogP contribution is -2.51. The summed E-state index contributed by atoms with van der Waals surface area (Å²) >= 11 is 0. The molecule has 1 aliphatic heterocycles. The SMILES string of the molecule is CCNC(=O)[C@@H](C)NC1CCN(C(=O)OCC)CC1. The van der Waals surface area contributed by atoms with E-state index in [-0.39, 0.29) is 24.1 Å². The van der Waals surface area contributed by atoms with E-state index in [9.17, 15) is 9.59 Å². The molecule has 19 heavy (non-hydrogen) atoms. The number of carbonyl (C=O) groups is 2. The first kappa shape index (κ1) is 15.8. The molecule has 1 fully saturated rings. The van der Waals surface area contributed by atoms with Crippen LogP contribution in [0, 0.1) is 0 Å². The summed E-state index contributed by atoms with van der Waals surface area (Å²) in [6.45, 7) is 7.99. The van der Waals surface area contributed by atoms with Gasteiger partial charge in [-0.05, 0) is 33.6 Å². The van der Waals surface area contributed by atoms with Crippen molar-refractivity contribution in [2.75, 3.05) is 26.2 Å². The first-order valence-corrected chi connectivity index (χ1v) is 7.03. The molecule has 0 aliphatic carbocycles. The van der Waals surface area contributed by atoms with Crippen LogP contribution in [-0.2, 0) is 9.53 Å². The molecular weight excluding hydrogens is 246 g/mol. The molecule has 0 spiro atoms. The van der Waals surface area contributed by atoms with Gasteiger partial charge in [-0.3, -0.25) is 4.79 Å². The van der Waals surface area contributed by atoms with Crippen LogP contribution in [0.2, 0.25) is 0 Å². The van der Waals surface area contributed by atoms with E-state index in [1.165, 1.54) is 0 Å². The normalized spacial score (nSPS) is 17.9. The van der Waals surface area contributed by atoms with Crippen LogP contribution in [0.15, 0.2) is 0 Å². The molecule has 0 aromatic heterocycles. The van der Waals surface area contributed by atoms with Crippen molar-refractivity contribution in [2.45, 2.75) is 45.7 Å². The van der Waals surface area contributed by atoms with E-state index in [0.29, 0.717) is 26.2 Å². The highest BCUT2D eigenvalue weighted by Crippen LogP contribution is 2.12. The predicted octanol–water partition coefficient (Wildman–Crippen LogP) is 0.722. The van der Waals surface area contributed by atoms with Gasteiger partial charge in [0.1, 0.15) is 0 Å². The number of piperidine rings is 1. The summed E-state index contributed by atoms with van der Waals surface area (Å²) in [7, 11) is 0. The van der Waals surface area contributed by atoms with E-state index in [1.807, 2.05) is 13.8 Å². The van der Waals surface area contributed by atoms with Gasteiger partial charge in [0.2, 0.25) is 5.91 Å². The lowest BCUT2D eigenvalue weighted by atomic mass is 10.0. The molecule has 1 aliphatic rings. The van der Waals surface area contributed by atoms with Crippen molar-refractivity contribution in [3.8, 4) is 0 Å². The second-order valence-electron chi connectivity index (χ2n) is 4.74. The summed E-state index contributed by atoms with van der Waals surface area (Å²) < 4.78 is 4.97. The van der Waals surface area contributed by atoms with Crippen LogP contribution in [0.25, 0.3) is 0 Å². The minimum Gasteiger partial charge on any atom is -0.450 e. The van der Waals surface area contributed by atoms with Crippen LogP contribution in [0.5, 0.6) is 0 Å². The minimum atomic E-state index is -0.238. The quantitative estimate of drug-likeness (QED) is 0.773. The number of nitrogens with one attached hydrogen (secondary N) is 2. The standard InChI is InChI=1S/C13H25N3O3/c1-4-14-12(17)10(3)15-11-6-8-16(9-7-11)13(18)19-5-2/h10-11,15H,4-9H2,1-3H3,(H,14,17)/t10-/m1/s1. The Morgan fingerprint density at radius 1 is 1.32 bits per heavy atom. The van der Waals surface area contributed by atoms with Gasteiger partial charge in [0.15, 0.2) is 0 Å². The molecular formula is C13H25N3O3. The van der Waals surface area contributed by atoms with E-state index < -0.39 is 0 Å². The van der Waals surface area contributed by atoms with E-state index in [1.54, 1.807) is 11.8 Å². The third-order valence-electron chi connectivity index (χ3n) is 3.25. The van der Waals surface area contributed by atoms with Gasteiger partial charge in [0, 0.05) is 25.7 Å². The Morgan fingerprint density at radius 3 is 2.47 bits per heavy atom. The van der Waals surface area contributed by atoms with Gasteiger partial charge in [-0.15, -0.1) is 0 Å². The summed E-state index contributed by atoms with van der Waals surface area (Å²) in [6.07, 6.45) is 1.46. The number of amides is 2. The Bertz CT molecular complexity index is 302. The molecule has 0 bridgehead atoms. The van der Waals surface area contributed by atoms with Gasteiger partial charge in [0.05, 0.1) is 12.6 Å². The van der Waals surface area contributed by atoms with Crippen LogP contribution in [-0.4, -0.2) is 55.2 Å². The maximum Gasteiger partial charge on any atom is 0.409 e. The van der Waals surface area contributed by atoms with Gasteiger partial charge in [-0.1, -0.05) is 0 Å². The number of nitrogens with zero attached hydrogens (tertiary/aromatic N) is 1. The fourth-order valence-electron chi connectivity index (χ4n) is 2.20. The Balaban J connectivity index is 2.30. The first-order valence-electron chi connectivity index (χ1n) is 7.03. The Kier molecular flexibility index (Phi) is 6.62. The summed E-state index contributed by atoms with van der Waals surface area (Å²) in [4.78, 5) is 24.9. The fraction of sp³-hybridized carbons (Fsp3) is 0.846. The van der Waals surface area contributed by atoms with E-state index >= 15 is 0 Å². The Morgan fingerprint density at radius 2 is 1.95 bits per heavy atom. The monoisotopic (exact) mass is 271 g/mol. The first-order chi connectivity index (χ1) is 9.08. The second-order valence-corrected chi connectivity index (χ2v) is 4.74. The largest absolute Gasteiger partial charge is 0.450 e. The van der Waals surface area contributed by atoms with Gasteiger partial charge >= 0.3 is 6.09 Å². The van der Waals surface area contributed by atoms with Crippen LogP contribution in [0.4, 0.5) is 4.79 Å². The molecule has 6 heteroatoms.